The SMILES string of the molecule is COC(=O)C1=C(C2CCC(N)=C(C=NCCC(=O)O)C2)NC(c2nccs2)=NC1c1cccc(F)c1Cl. The van der Waals surface area contributed by atoms with Crippen LogP contribution in [0.1, 0.15) is 42.3 Å². The average molecular weight is 546 g/mol. The number of thiazole rings is 1. The lowest BCUT2D eigenvalue weighted by Crippen LogP contribution is -2.38. The van der Waals surface area contributed by atoms with E-state index in [1.165, 1.54) is 30.6 Å². The van der Waals surface area contributed by atoms with Crippen molar-refractivity contribution in [2.75, 3.05) is 13.7 Å². The minimum absolute atomic E-state index is 0.0873. The first kappa shape index (κ1) is 26.5. The van der Waals surface area contributed by atoms with Crippen LogP contribution >= 0.6 is 22.9 Å². The number of benzene rings is 1. The molecule has 2 heterocycles. The van der Waals surface area contributed by atoms with Crippen LogP contribution in [0.4, 0.5) is 4.39 Å². The van der Waals surface area contributed by atoms with Gasteiger partial charge in [-0.1, -0.05) is 23.7 Å². The van der Waals surface area contributed by atoms with Crippen LogP contribution < -0.4 is 11.1 Å². The smallest absolute Gasteiger partial charge is 0.338 e. The largest absolute Gasteiger partial charge is 0.481 e. The van der Waals surface area contributed by atoms with Gasteiger partial charge in [0.1, 0.15) is 11.9 Å². The predicted molar refractivity (Wildman–Crippen MR) is 139 cm³/mol. The van der Waals surface area contributed by atoms with E-state index in [1.807, 2.05) is 0 Å². The molecular weight excluding hydrogens is 521 g/mol. The second-order valence-corrected chi connectivity index (χ2v) is 9.75. The zero-order valence-electron chi connectivity index (χ0n) is 19.9. The monoisotopic (exact) mass is 545 g/mol. The molecule has 4 N–H and O–H groups in total. The van der Waals surface area contributed by atoms with Gasteiger partial charge >= 0.3 is 11.9 Å². The Kier molecular flexibility index (Phi) is 8.34. The highest BCUT2D eigenvalue weighted by Crippen LogP contribution is 2.41. The molecule has 2 aliphatic rings. The van der Waals surface area contributed by atoms with E-state index in [4.69, 9.17) is 32.2 Å². The van der Waals surface area contributed by atoms with Gasteiger partial charge in [0.2, 0.25) is 0 Å². The lowest BCUT2D eigenvalue weighted by Gasteiger charge is -2.33. The molecular formula is C25H25ClFN5O4S. The molecule has 12 heteroatoms. The summed E-state index contributed by atoms with van der Waals surface area (Å²) in [6.45, 7) is 0.131. The average Bonchev–Trinajstić information content (AvgIpc) is 3.43. The summed E-state index contributed by atoms with van der Waals surface area (Å²) in [5, 5.41) is 14.4. The number of hydrogen-bond donors (Lipinski definition) is 3. The van der Waals surface area contributed by atoms with Crippen LogP contribution in [0.25, 0.3) is 0 Å². The number of ether oxygens (including phenoxy) is 1. The summed E-state index contributed by atoms with van der Waals surface area (Å²) in [6.07, 6.45) is 4.76. The van der Waals surface area contributed by atoms with Crippen molar-refractivity contribution in [3.63, 3.8) is 0 Å². The second-order valence-electron chi connectivity index (χ2n) is 8.47. The fraction of sp³-hybridized carbons (Fsp3) is 0.320. The van der Waals surface area contributed by atoms with Crippen LogP contribution in [0.15, 0.2) is 62.3 Å². The molecule has 0 radical (unpaired) electrons. The Morgan fingerprint density at radius 2 is 2.24 bits per heavy atom. The maximum absolute atomic E-state index is 14.4. The Bertz CT molecular complexity index is 1320. The highest BCUT2D eigenvalue weighted by molar-refractivity contribution is 7.11. The molecule has 1 aliphatic carbocycles. The molecule has 0 saturated carbocycles. The molecule has 1 aliphatic heterocycles. The quantitative estimate of drug-likeness (QED) is 0.336. The van der Waals surface area contributed by atoms with E-state index in [0.29, 0.717) is 47.1 Å². The second kappa shape index (κ2) is 11.7. The number of aliphatic carboxylic acids is 1. The number of methoxy groups -OCH3 is 1. The van der Waals surface area contributed by atoms with Crippen molar-refractivity contribution < 1.29 is 23.8 Å². The van der Waals surface area contributed by atoms with Gasteiger partial charge in [-0.15, -0.1) is 11.3 Å². The van der Waals surface area contributed by atoms with E-state index in [0.717, 1.165) is 5.57 Å². The molecule has 0 bridgehead atoms. The summed E-state index contributed by atoms with van der Waals surface area (Å²) < 4.78 is 19.6. The number of nitrogens with zero attached hydrogens (tertiary/aromatic N) is 3. The lowest BCUT2D eigenvalue weighted by molar-refractivity contribution is -0.137. The molecule has 0 saturated heterocycles. The number of rotatable bonds is 8. The third-order valence-electron chi connectivity index (χ3n) is 6.14. The topological polar surface area (TPSA) is 139 Å². The highest BCUT2D eigenvalue weighted by atomic mass is 35.5. The summed E-state index contributed by atoms with van der Waals surface area (Å²) in [5.74, 6) is -1.95. The molecule has 0 spiro atoms. The van der Waals surface area contributed by atoms with E-state index in [1.54, 1.807) is 23.9 Å². The van der Waals surface area contributed by atoms with Crippen molar-refractivity contribution in [2.45, 2.75) is 31.7 Å². The van der Waals surface area contributed by atoms with Gasteiger partial charge in [0.05, 0.1) is 24.1 Å². The van der Waals surface area contributed by atoms with Gasteiger partial charge in [-0.3, -0.25) is 14.8 Å². The third-order valence-corrected chi connectivity index (χ3v) is 7.32. The van der Waals surface area contributed by atoms with Gasteiger partial charge in [-0.05, 0) is 30.9 Å². The zero-order chi connectivity index (χ0) is 26.5. The molecule has 0 amide bonds. The maximum atomic E-state index is 14.4. The van der Waals surface area contributed by atoms with Crippen LogP contribution in [0.5, 0.6) is 0 Å². The first-order valence-electron chi connectivity index (χ1n) is 11.5. The Labute approximate surface area is 221 Å². The van der Waals surface area contributed by atoms with Crippen molar-refractivity contribution in [2.24, 2.45) is 21.6 Å². The molecule has 1 aromatic carbocycles. The zero-order valence-corrected chi connectivity index (χ0v) is 21.5. The van der Waals surface area contributed by atoms with Crippen molar-refractivity contribution in [3.8, 4) is 0 Å². The van der Waals surface area contributed by atoms with Crippen LogP contribution in [0, 0.1) is 11.7 Å². The predicted octanol–water partition coefficient (Wildman–Crippen LogP) is 4.01. The molecule has 2 unspecified atom stereocenters. The molecule has 1 aromatic heterocycles. The number of nitrogens with two attached hydrogens (primary N) is 1. The van der Waals surface area contributed by atoms with Gasteiger partial charge in [-0.2, -0.15) is 0 Å². The molecule has 9 nitrogen and oxygen atoms in total. The first-order valence-corrected chi connectivity index (χ1v) is 12.8. The normalized spacial score (nSPS) is 20.1. The molecule has 0 fully saturated rings. The van der Waals surface area contributed by atoms with E-state index in [9.17, 15) is 14.0 Å². The summed E-state index contributed by atoms with van der Waals surface area (Å²) >= 11 is 7.71. The number of aliphatic imine (C=N–C) groups is 2. The summed E-state index contributed by atoms with van der Waals surface area (Å²) in [5.41, 5.74) is 8.79. The summed E-state index contributed by atoms with van der Waals surface area (Å²) in [7, 11) is 1.27. The highest BCUT2D eigenvalue weighted by Gasteiger charge is 2.37. The Morgan fingerprint density at radius 1 is 1.43 bits per heavy atom. The fourth-order valence-corrected chi connectivity index (χ4v) is 5.15. The minimum atomic E-state index is -0.934. The number of esters is 1. The summed E-state index contributed by atoms with van der Waals surface area (Å²) in [6, 6.07) is 3.46. The van der Waals surface area contributed by atoms with E-state index >= 15 is 0 Å². The molecule has 2 atom stereocenters. The number of hydrogen-bond acceptors (Lipinski definition) is 9. The van der Waals surface area contributed by atoms with Gasteiger partial charge < -0.3 is 20.9 Å². The number of carbonyl (C=O) groups is 2. The van der Waals surface area contributed by atoms with Crippen molar-refractivity contribution in [3.05, 3.63) is 73.7 Å². The van der Waals surface area contributed by atoms with Gasteiger partial charge in [0.15, 0.2) is 10.8 Å². The van der Waals surface area contributed by atoms with Gasteiger partial charge in [0, 0.05) is 47.2 Å². The fourth-order valence-electron chi connectivity index (χ4n) is 4.33. The Hall–Kier alpha value is -3.57. The number of carboxylic acids is 1. The standard InChI is InChI=1S/C25H25ClFN5O4S/c1-36-25(35)19-21(13-5-6-17(28)14(11-13)12-29-8-7-18(33)34)31-23(24-30-9-10-37-24)32-22(19)15-3-2-4-16(27)20(15)26/h2-4,9-10,12-13,22H,5-8,11,28H2,1H3,(H,31,32)(H,33,34). The van der Waals surface area contributed by atoms with E-state index < -0.39 is 23.8 Å². The number of amidine groups is 1. The third kappa shape index (κ3) is 5.89. The van der Waals surface area contributed by atoms with Crippen LogP contribution in [-0.2, 0) is 14.3 Å². The lowest BCUT2D eigenvalue weighted by atomic mass is 9.81. The summed E-state index contributed by atoms with van der Waals surface area (Å²) in [4.78, 5) is 37.3. The number of carbonyl (C=O) groups excluding carboxylic acids is 1. The molecule has 37 heavy (non-hydrogen) atoms. The number of allylic oxidation sites excluding steroid dienone is 3. The van der Waals surface area contributed by atoms with Crippen molar-refractivity contribution in [1.29, 1.82) is 0 Å². The van der Waals surface area contributed by atoms with Gasteiger partial charge in [0.25, 0.3) is 0 Å². The number of aromatic nitrogens is 1. The molecule has 2 aromatic rings. The van der Waals surface area contributed by atoms with Crippen LogP contribution in [0.2, 0.25) is 5.02 Å². The van der Waals surface area contributed by atoms with E-state index in [2.05, 4.69) is 15.3 Å². The number of carboxylic acid groups (broad SMARTS) is 1. The molecule has 4 rings (SSSR count). The van der Waals surface area contributed by atoms with Crippen molar-refractivity contribution in [1.82, 2.24) is 10.3 Å². The Morgan fingerprint density at radius 3 is 2.95 bits per heavy atom. The van der Waals surface area contributed by atoms with Gasteiger partial charge in [-0.25, -0.2) is 14.2 Å². The minimum Gasteiger partial charge on any atom is -0.481 e. The van der Waals surface area contributed by atoms with E-state index in [-0.39, 0.29) is 29.5 Å². The Balaban J connectivity index is 1.78. The maximum Gasteiger partial charge on any atom is 0.338 e. The van der Waals surface area contributed by atoms with Crippen LogP contribution in [-0.4, -0.2) is 47.7 Å². The van der Waals surface area contributed by atoms with Crippen molar-refractivity contribution >= 4 is 46.9 Å². The first-order chi connectivity index (χ1) is 17.8. The molecule has 194 valence electrons. The van der Waals surface area contributed by atoms with Crippen LogP contribution in [0.3, 0.4) is 0 Å². The number of halogens is 2. The number of nitrogens with one attached hydrogen (secondary N) is 1.